The van der Waals surface area contributed by atoms with Gasteiger partial charge in [-0.25, -0.2) is 4.98 Å². The summed E-state index contributed by atoms with van der Waals surface area (Å²) in [4.78, 5) is 5.61. The molecule has 236 valence electrons. The van der Waals surface area contributed by atoms with E-state index in [2.05, 4.69) is 115 Å². The summed E-state index contributed by atoms with van der Waals surface area (Å²) in [6.07, 6.45) is 0. The van der Waals surface area contributed by atoms with Crippen molar-refractivity contribution in [1.82, 2.24) is 9.55 Å². The van der Waals surface area contributed by atoms with Crippen LogP contribution >= 0.6 is 7.14 Å². The molecule has 0 saturated heterocycles. The summed E-state index contributed by atoms with van der Waals surface area (Å²) in [6.45, 7) is 2.70. The first-order valence-corrected chi connectivity index (χ1v) is 18.3. The second kappa shape index (κ2) is 13.0. The normalized spacial score (nSPS) is 11.5. The lowest BCUT2D eigenvalue weighted by atomic mass is 10.0. The highest BCUT2D eigenvalue weighted by molar-refractivity contribution is 7.85. The Balaban J connectivity index is 1.55. The first kappa shape index (κ1) is 30.6. The average Bonchev–Trinajstić information content (AvgIpc) is 3.54. The van der Waals surface area contributed by atoms with Gasteiger partial charge in [0.25, 0.3) is 0 Å². The van der Waals surface area contributed by atoms with Gasteiger partial charge in [0, 0.05) is 39.1 Å². The second-order valence-corrected chi connectivity index (χ2v) is 15.1. The zero-order chi connectivity index (χ0) is 33.2. The molecule has 0 atom stereocenters. The SMILES string of the molecule is Cc1ccc2ccc(P(=O)(c3ccccc3)c3ccccc3)c(-c3nc(-c4ccccc4)c(-c4ccccc4)n3Cc3ccccc3)c2c1. The number of nitrogens with zero attached hydrogens (tertiary/aromatic N) is 2. The molecular weight excluding hydrogens is 615 g/mol. The van der Waals surface area contributed by atoms with E-state index in [1.54, 1.807) is 0 Å². The summed E-state index contributed by atoms with van der Waals surface area (Å²) in [5, 5.41) is 4.47. The van der Waals surface area contributed by atoms with Crippen molar-refractivity contribution in [1.29, 1.82) is 0 Å². The molecule has 0 amide bonds. The molecule has 1 heterocycles. The summed E-state index contributed by atoms with van der Waals surface area (Å²) < 4.78 is 18.5. The fraction of sp³-hybridized carbons (Fsp3) is 0.0444. The van der Waals surface area contributed by atoms with Crippen LogP contribution in [0.2, 0.25) is 0 Å². The number of aryl methyl sites for hydroxylation is 1. The lowest BCUT2D eigenvalue weighted by Gasteiger charge is -2.24. The Hall–Kier alpha value is -5.76. The predicted octanol–water partition coefficient (Wildman–Crippen LogP) is 10.0. The quantitative estimate of drug-likeness (QED) is 0.154. The minimum Gasteiger partial charge on any atom is -0.319 e. The fourth-order valence-corrected chi connectivity index (χ4v) is 9.73. The number of hydrogen-bond donors (Lipinski definition) is 0. The lowest BCUT2D eigenvalue weighted by molar-refractivity contribution is 0.592. The van der Waals surface area contributed by atoms with E-state index in [9.17, 15) is 0 Å². The molecule has 0 aliphatic rings. The third kappa shape index (κ3) is 5.63. The van der Waals surface area contributed by atoms with Crippen LogP contribution in [0.3, 0.4) is 0 Å². The average molecular weight is 651 g/mol. The van der Waals surface area contributed by atoms with Crippen molar-refractivity contribution >= 4 is 33.8 Å². The number of aromatic nitrogens is 2. The van der Waals surface area contributed by atoms with Crippen LogP contribution in [-0.4, -0.2) is 9.55 Å². The Morgan fingerprint density at radius 3 is 1.67 bits per heavy atom. The molecular formula is C45H35N2OP. The van der Waals surface area contributed by atoms with E-state index >= 15 is 4.57 Å². The summed E-state index contributed by atoms with van der Waals surface area (Å²) in [5.74, 6) is 0.792. The maximum Gasteiger partial charge on any atom is 0.171 e. The van der Waals surface area contributed by atoms with Crippen LogP contribution in [0.4, 0.5) is 0 Å². The molecule has 0 unspecified atom stereocenters. The lowest BCUT2D eigenvalue weighted by Crippen LogP contribution is -2.27. The zero-order valence-corrected chi connectivity index (χ0v) is 28.2. The topological polar surface area (TPSA) is 34.9 Å². The van der Waals surface area contributed by atoms with Crippen LogP contribution in [0.1, 0.15) is 11.1 Å². The predicted molar refractivity (Wildman–Crippen MR) is 206 cm³/mol. The minimum absolute atomic E-state index is 0.586. The van der Waals surface area contributed by atoms with Crippen molar-refractivity contribution in [3.05, 3.63) is 193 Å². The van der Waals surface area contributed by atoms with Gasteiger partial charge in [0.05, 0.1) is 11.4 Å². The van der Waals surface area contributed by atoms with E-state index in [0.29, 0.717) is 6.54 Å². The number of fused-ring (bicyclic) bond motifs is 1. The van der Waals surface area contributed by atoms with E-state index in [1.165, 1.54) is 0 Å². The van der Waals surface area contributed by atoms with Gasteiger partial charge in [-0.15, -0.1) is 0 Å². The van der Waals surface area contributed by atoms with E-state index in [0.717, 1.165) is 71.7 Å². The summed E-state index contributed by atoms with van der Waals surface area (Å²) in [5.41, 5.74) is 7.20. The molecule has 0 fully saturated rings. The standard InChI is InChI=1S/C45H35N2OP/c1-33-27-28-35-29-30-41(49(48,38-23-13-5-14-24-38)39-25-15-6-16-26-39)42(40(35)31-33)45-46-43(36-19-9-3-10-20-36)44(37-21-11-4-12-22-37)47(45)32-34-17-7-2-8-18-34/h2-31H,32H2,1H3. The van der Waals surface area contributed by atoms with Gasteiger partial charge in [0.2, 0.25) is 0 Å². The van der Waals surface area contributed by atoms with Crippen molar-refractivity contribution in [2.75, 3.05) is 0 Å². The Morgan fingerprint density at radius 2 is 1.08 bits per heavy atom. The van der Waals surface area contributed by atoms with Crippen molar-refractivity contribution < 1.29 is 4.57 Å². The molecule has 0 radical (unpaired) electrons. The number of rotatable bonds is 8. The van der Waals surface area contributed by atoms with Gasteiger partial charge in [-0.2, -0.15) is 0 Å². The van der Waals surface area contributed by atoms with Gasteiger partial charge in [-0.3, -0.25) is 0 Å². The number of hydrogen-bond acceptors (Lipinski definition) is 2. The molecule has 0 spiro atoms. The summed E-state index contributed by atoms with van der Waals surface area (Å²) >= 11 is 0. The van der Waals surface area contributed by atoms with Crippen LogP contribution in [0.25, 0.3) is 44.7 Å². The molecule has 4 heteroatoms. The Bertz CT molecular complexity index is 2380. The smallest absolute Gasteiger partial charge is 0.171 e. The third-order valence-electron chi connectivity index (χ3n) is 9.20. The van der Waals surface area contributed by atoms with Crippen LogP contribution in [-0.2, 0) is 11.1 Å². The third-order valence-corrected chi connectivity index (χ3v) is 12.3. The van der Waals surface area contributed by atoms with Crippen LogP contribution in [0.5, 0.6) is 0 Å². The molecule has 7 aromatic carbocycles. The number of imidazole rings is 1. The highest BCUT2D eigenvalue weighted by Crippen LogP contribution is 2.48. The van der Waals surface area contributed by atoms with Gasteiger partial charge in [0.15, 0.2) is 7.14 Å². The second-order valence-electron chi connectivity index (χ2n) is 12.4. The van der Waals surface area contributed by atoms with E-state index in [1.807, 2.05) is 78.9 Å². The van der Waals surface area contributed by atoms with Crippen molar-refractivity contribution in [3.8, 4) is 33.9 Å². The largest absolute Gasteiger partial charge is 0.319 e. The van der Waals surface area contributed by atoms with Crippen LogP contribution in [0, 0.1) is 6.92 Å². The Morgan fingerprint density at radius 1 is 0.571 bits per heavy atom. The Labute approximate surface area is 287 Å². The monoisotopic (exact) mass is 650 g/mol. The molecule has 8 aromatic rings. The minimum atomic E-state index is -3.40. The molecule has 0 aliphatic carbocycles. The van der Waals surface area contributed by atoms with Gasteiger partial charge in [-0.1, -0.05) is 181 Å². The molecule has 0 saturated carbocycles. The molecule has 0 aliphatic heterocycles. The Kier molecular flexibility index (Phi) is 8.13. The van der Waals surface area contributed by atoms with Crippen LogP contribution < -0.4 is 15.9 Å². The van der Waals surface area contributed by atoms with Crippen molar-refractivity contribution in [2.45, 2.75) is 13.5 Å². The first-order valence-electron chi connectivity index (χ1n) is 16.6. The summed E-state index contributed by atoms with van der Waals surface area (Å²) in [6, 6.07) is 62.1. The van der Waals surface area contributed by atoms with Crippen molar-refractivity contribution in [3.63, 3.8) is 0 Å². The highest BCUT2D eigenvalue weighted by Gasteiger charge is 2.35. The van der Waals surface area contributed by atoms with Crippen molar-refractivity contribution in [2.24, 2.45) is 0 Å². The molecule has 3 nitrogen and oxygen atoms in total. The molecule has 1 aromatic heterocycles. The van der Waals surface area contributed by atoms with Crippen LogP contribution in [0.15, 0.2) is 182 Å². The van der Waals surface area contributed by atoms with Gasteiger partial charge in [-0.05, 0) is 29.3 Å². The van der Waals surface area contributed by atoms with E-state index < -0.39 is 7.14 Å². The maximum absolute atomic E-state index is 16.2. The molecule has 49 heavy (non-hydrogen) atoms. The number of benzene rings is 7. The maximum atomic E-state index is 16.2. The van der Waals surface area contributed by atoms with E-state index in [4.69, 9.17) is 4.98 Å². The summed E-state index contributed by atoms with van der Waals surface area (Å²) in [7, 11) is -3.40. The van der Waals surface area contributed by atoms with Gasteiger partial charge in [0.1, 0.15) is 5.82 Å². The van der Waals surface area contributed by atoms with Gasteiger partial charge >= 0.3 is 0 Å². The van der Waals surface area contributed by atoms with E-state index in [-0.39, 0.29) is 0 Å². The molecule has 0 N–H and O–H groups in total. The first-order chi connectivity index (χ1) is 24.1. The highest BCUT2D eigenvalue weighted by atomic mass is 31.2. The molecule has 0 bridgehead atoms. The molecule has 8 rings (SSSR count). The zero-order valence-electron chi connectivity index (χ0n) is 27.3. The van der Waals surface area contributed by atoms with Gasteiger partial charge < -0.3 is 9.13 Å². The fourth-order valence-electron chi connectivity index (χ4n) is 6.87.